The van der Waals surface area contributed by atoms with Crippen molar-refractivity contribution in [3.63, 3.8) is 0 Å². The van der Waals surface area contributed by atoms with Crippen molar-refractivity contribution in [1.82, 2.24) is 15.4 Å². The largest absolute Gasteiger partial charge is 0.352 e. The van der Waals surface area contributed by atoms with Crippen molar-refractivity contribution in [1.29, 1.82) is 0 Å². The Labute approximate surface area is 150 Å². The van der Waals surface area contributed by atoms with Crippen LogP contribution < -0.4 is 15.4 Å². The van der Waals surface area contributed by atoms with Crippen molar-refractivity contribution >= 4 is 28.3 Å². The van der Waals surface area contributed by atoms with Crippen LogP contribution in [0.2, 0.25) is 0 Å². The number of carbonyl (C=O) groups is 1. The minimum absolute atomic E-state index is 0. The zero-order chi connectivity index (χ0) is 16.9. The van der Waals surface area contributed by atoms with Crippen molar-refractivity contribution in [2.75, 3.05) is 13.1 Å². The van der Waals surface area contributed by atoms with Gasteiger partial charge in [0, 0.05) is 19.1 Å². The molecule has 1 fully saturated rings. The second-order valence-corrected chi connectivity index (χ2v) is 7.96. The van der Waals surface area contributed by atoms with Gasteiger partial charge >= 0.3 is 0 Å². The van der Waals surface area contributed by atoms with E-state index >= 15 is 0 Å². The third-order valence-corrected chi connectivity index (χ3v) is 5.28. The molecule has 0 saturated carbocycles. The zero-order valence-electron chi connectivity index (χ0n) is 14.0. The molecule has 1 atom stereocenters. The molecule has 3 N–H and O–H groups in total. The van der Waals surface area contributed by atoms with E-state index in [0.717, 1.165) is 18.5 Å². The zero-order valence-corrected chi connectivity index (χ0v) is 15.7. The molecule has 2 rings (SSSR count). The molecule has 1 saturated heterocycles. The first-order chi connectivity index (χ1) is 10.9. The maximum absolute atomic E-state index is 12.1. The van der Waals surface area contributed by atoms with Crippen LogP contribution in [0.5, 0.6) is 0 Å². The van der Waals surface area contributed by atoms with Crippen molar-refractivity contribution in [3.05, 3.63) is 35.4 Å². The van der Waals surface area contributed by atoms with Crippen molar-refractivity contribution in [3.8, 4) is 0 Å². The lowest BCUT2D eigenvalue weighted by Crippen LogP contribution is -2.33. The smallest absolute Gasteiger partial charge is 0.224 e. The maximum Gasteiger partial charge on any atom is 0.224 e. The SMILES string of the molecule is CC(C)NS(=O)(=O)Cc1ccccc1CNC(=O)C1CCNC1.Cl. The van der Waals surface area contributed by atoms with Gasteiger partial charge in [-0.05, 0) is 37.9 Å². The molecule has 0 aromatic heterocycles. The van der Waals surface area contributed by atoms with E-state index in [1.807, 2.05) is 18.2 Å². The third-order valence-electron chi connectivity index (χ3n) is 3.76. The fourth-order valence-corrected chi connectivity index (χ4v) is 4.17. The summed E-state index contributed by atoms with van der Waals surface area (Å²) in [7, 11) is -3.38. The lowest BCUT2D eigenvalue weighted by atomic mass is 10.1. The number of sulfonamides is 1. The molecular weight excluding hydrogens is 350 g/mol. The number of nitrogens with one attached hydrogen (secondary N) is 3. The minimum atomic E-state index is -3.38. The average Bonchev–Trinajstić information content (AvgIpc) is 2.98. The van der Waals surface area contributed by atoms with E-state index in [0.29, 0.717) is 18.7 Å². The lowest BCUT2D eigenvalue weighted by molar-refractivity contribution is -0.124. The number of hydrogen-bond acceptors (Lipinski definition) is 4. The predicted molar refractivity (Wildman–Crippen MR) is 97.4 cm³/mol. The van der Waals surface area contributed by atoms with Gasteiger partial charge in [-0.2, -0.15) is 0 Å². The third kappa shape index (κ3) is 6.39. The van der Waals surface area contributed by atoms with Gasteiger partial charge in [-0.25, -0.2) is 13.1 Å². The number of rotatable bonds is 7. The normalized spacial score (nSPS) is 17.5. The van der Waals surface area contributed by atoms with Crippen LogP contribution in [0, 0.1) is 5.92 Å². The first-order valence-electron chi connectivity index (χ1n) is 7.92. The van der Waals surface area contributed by atoms with Crippen LogP contribution in [-0.2, 0) is 27.1 Å². The molecule has 1 unspecified atom stereocenters. The molecule has 0 radical (unpaired) electrons. The quantitative estimate of drug-likeness (QED) is 0.667. The van der Waals surface area contributed by atoms with Gasteiger partial charge in [0.2, 0.25) is 15.9 Å². The fraction of sp³-hybridized carbons (Fsp3) is 0.562. The van der Waals surface area contributed by atoms with Gasteiger partial charge in [0.25, 0.3) is 0 Å². The van der Waals surface area contributed by atoms with Crippen LogP contribution in [0.4, 0.5) is 0 Å². The molecule has 1 heterocycles. The van der Waals surface area contributed by atoms with Gasteiger partial charge in [0.05, 0.1) is 11.7 Å². The molecule has 0 aliphatic carbocycles. The summed E-state index contributed by atoms with van der Waals surface area (Å²) >= 11 is 0. The van der Waals surface area contributed by atoms with Crippen LogP contribution in [0.1, 0.15) is 31.4 Å². The first-order valence-corrected chi connectivity index (χ1v) is 9.58. The van der Waals surface area contributed by atoms with Crippen molar-refractivity contribution in [2.45, 2.75) is 38.6 Å². The Hall–Kier alpha value is -1.15. The minimum Gasteiger partial charge on any atom is -0.352 e. The first kappa shape index (κ1) is 20.9. The summed E-state index contributed by atoms with van der Waals surface area (Å²) in [6, 6.07) is 7.17. The Morgan fingerprint density at radius 2 is 1.96 bits per heavy atom. The number of carbonyl (C=O) groups excluding carboxylic acids is 1. The molecule has 24 heavy (non-hydrogen) atoms. The average molecular weight is 376 g/mol. The number of benzene rings is 1. The van der Waals surface area contributed by atoms with Gasteiger partial charge in [-0.1, -0.05) is 24.3 Å². The maximum atomic E-state index is 12.1. The van der Waals surface area contributed by atoms with Crippen molar-refractivity contribution < 1.29 is 13.2 Å². The van der Waals surface area contributed by atoms with E-state index in [-0.39, 0.29) is 36.0 Å². The molecule has 136 valence electrons. The topological polar surface area (TPSA) is 87.3 Å². The van der Waals surface area contributed by atoms with Crippen LogP contribution in [0.15, 0.2) is 24.3 Å². The van der Waals surface area contributed by atoms with E-state index in [9.17, 15) is 13.2 Å². The molecule has 1 aromatic rings. The summed E-state index contributed by atoms with van der Waals surface area (Å²) in [6.07, 6.45) is 0.847. The summed E-state index contributed by atoms with van der Waals surface area (Å²) in [4.78, 5) is 12.1. The second-order valence-electron chi connectivity index (χ2n) is 6.21. The highest BCUT2D eigenvalue weighted by molar-refractivity contribution is 7.88. The molecule has 8 heteroatoms. The van der Waals surface area contributed by atoms with Crippen LogP contribution in [0.25, 0.3) is 0 Å². The van der Waals surface area contributed by atoms with E-state index in [4.69, 9.17) is 0 Å². The summed E-state index contributed by atoms with van der Waals surface area (Å²) in [6.45, 7) is 5.51. The molecule has 0 spiro atoms. The van der Waals surface area contributed by atoms with E-state index in [1.165, 1.54) is 0 Å². The van der Waals surface area contributed by atoms with E-state index in [1.54, 1.807) is 19.9 Å². The molecular formula is C16H26ClN3O3S. The van der Waals surface area contributed by atoms with E-state index in [2.05, 4.69) is 15.4 Å². The predicted octanol–water partition coefficient (Wildman–Crippen LogP) is 1.16. The number of halogens is 1. The van der Waals surface area contributed by atoms with Crippen molar-refractivity contribution in [2.24, 2.45) is 5.92 Å². The summed E-state index contributed by atoms with van der Waals surface area (Å²) in [5.74, 6) is -0.0520. The summed E-state index contributed by atoms with van der Waals surface area (Å²) < 4.78 is 26.8. The highest BCUT2D eigenvalue weighted by Gasteiger charge is 2.22. The number of amides is 1. The Morgan fingerprint density at radius 1 is 1.29 bits per heavy atom. The standard InChI is InChI=1S/C16H25N3O3S.ClH/c1-12(2)19-23(21,22)11-15-6-4-3-5-13(15)10-18-16(20)14-7-8-17-9-14;/h3-6,12,14,17,19H,7-11H2,1-2H3,(H,18,20);1H. The van der Waals surface area contributed by atoms with Gasteiger partial charge in [0.15, 0.2) is 0 Å². The van der Waals surface area contributed by atoms with Crippen LogP contribution in [0.3, 0.4) is 0 Å². The highest BCUT2D eigenvalue weighted by atomic mass is 35.5. The molecule has 0 bridgehead atoms. The molecule has 1 aliphatic heterocycles. The number of hydrogen-bond donors (Lipinski definition) is 3. The molecule has 1 amide bonds. The van der Waals surface area contributed by atoms with Gasteiger partial charge < -0.3 is 10.6 Å². The highest BCUT2D eigenvalue weighted by Crippen LogP contribution is 2.13. The van der Waals surface area contributed by atoms with Crippen LogP contribution in [-0.4, -0.2) is 33.5 Å². The summed E-state index contributed by atoms with van der Waals surface area (Å²) in [5, 5.41) is 6.08. The van der Waals surface area contributed by atoms with E-state index < -0.39 is 10.0 Å². The molecule has 1 aromatic carbocycles. The lowest BCUT2D eigenvalue weighted by Gasteiger charge is -2.14. The Morgan fingerprint density at radius 3 is 2.54 bits per heavy atom. The summed E-state index contributed by atoms with van der Waals surface area (Å²) in [5.41, 5.74) is 1.55. The fourth-order valence-electron chi connectivity index (χ4n) is 2.68. The molecule has 6 nitrogen and oxygen atoms in total. The van der Waals surface area contributed by atoms with Gasteiger partial charge in [-0.3, -0.25) is 4.79 Å². The van der Waals surface area contributed by atoms with Gasteiger partial charge in [-0.15, -0.1) is 12.4 Å². The second kappa shape index (κ2) is 9.36. The monoisotopic (exact) mass is 375 g/mol. The molecule has 1 aliphatic rings. The Bertz CT molecular complexity index is 644. The Kier molecular flexibility index (Phi) is 8.15. The van der Waals surface area contributed by atoms with Gasteiger partial charge in [0.1, 0.15) is 0 Å². The Balaban J connectivity index is 0.00000288. The van der Waals surface area contributed by atoms with Crippen LogP contribution >= 0.6 is 12.4 Å².